The minimum Gasteiger partial charge on any atom is -0.379 e. The monoisotopic (exact) mass is 660 g/mol. The van der Waals surface area contributed by atoms with Crippen LogP contribution in [0.25, 0.3) is 0 Å². The van der Waals surface area contributed by atoms with E-state index in [-0.39, 0.29) is 61.9 Å². The molecule has 3 aliphatic heterocycles. The third kappa shape index (κ3) is 5.75. The van der Waals surface area contributed by atoms with Gasteiger partial charge in [-0.1, -0.05) is 53.0 Å². The van der Waals surface area contributed by atoms with E-state index >= 15 is 0 Å². The van der Waals surface area contributed by atoms with Gasteiger partial charge < -0.3 is 9.64 Å². The molecule has 44 heavy (non-hydrogen) atoms. The summed E-state index contributed by atoms with van der Waals surface area (Å²) >= 11 is 12.6. The summed E-state index contributed by atoms with van der Waals surface area (Å²) in [4.78, 5) is 36.8. The van der Waals surface area contributed by atoms with Crippen LogP contribution in [0.15, 0.2) is 53.7 Å². The Kier molecular flexibility index (Phi) is 8.50. The maximum atomic E-state index is 14.3. The fourth-order valence-corrected chi connectivity index (χ4v) is 8.20. The van der Waals surface area contributed by atoms with Gasteiger partial charge in [0.15, 0.2) is 5.03 Å². The average molecular weight is 662 g/mol. The van der Waals surface area contributed by atoms with Crippen LogP contribution in [0.1, 0.15) is 18.1 Å². The lowest BCUT2D eigenvalue weighted by Gasteiger charge is -2.36. The van der Waals surface area contributed by atoms with E-state index in [1.807, 2.05) is 31.2 Å². The van der Waals surface area contributed by atoms with Crippen molar-refractivity contribution in [3.63, 3.8) is 0 Å². The maximum Gasteiger partial charge on any atom is 0.260 e. The summed E-state index contributed by atoms with van der Waals surface area (Å²) in [7, 11) is -4.10. The first-order valence-corrected chi connectivity index (χ1v) is 16.7. The van der Waals surface area contributed by atoms with Gasteiger partial charge in [-0.2, -0.15) is 4.31 Å². The molecular weight excluding hydrogens is 627 g/mol. The molecule has 0 N–H and O–H groups in total. The number of imidazole rings is 1. The minimum absolute atomic E-state index is 0.0266. The minimum atomic E-state index is -4.10. The lowest BCUT2D eigenvalue weighted by molar-refractivity contribution is -0.134. The second-order valence-electron chi connectivity index (χ2n) is 11.6. The van der Waals surface area contributed by atoms with Crippen molar-refractivity contribution >= 4 is 56.7 Å². The number of amides is 2. The molecule has 2 saturated heterocycles. The molecule has 0 spiro atoms. The van der Waals surface area contributed by atoms with Gasteiger partial charge >= 0.3 is 0 Å². The highest BCUT2D eigenvalue weighted by Crippen LogP contribution is 2.44. The number of aromatic nitrogens is 2. The van der Waals surface area contributed by atoms with Gasteiger partial charge in [0.1, 0.15) is 5.54 Å². The van der Waals surface area contributed by atoms with E-state index in [2.05, 4.69) is 9.88 Å². The number of benzene rings is 2. The van der Waals surface area contributed by atoms with Gasteiger partial charge in [-0.25, -0.2) is 18.3 Å². The van der Waals surface area contributed by atoms with Crippen LogP contribution >= 0.6 is 23.2 Å². The highest BCUT2D eigenvalue weighted by Gasteiger charge is 2.52. The van der Waals surface area contributed by atoms with Crippen molar-refractivity contribution in [1.82, 2.24) is 23.7 Å². The highest BCUT2D eigenvalue weighted by atomic mass is 35.5. The van der Waals surface area contributed by atoms with E-state index in [1.165, 1.54) is 20.0 Å². The number of morpholine rings is 1. The number of carbonyl (C=O) groups is 2. The Morgan fingerprint density at radius 1 is 0.977 bits per heavy atom. The SMILES string of the molecule is Cc1ccc(C[C@@]2(C)C(=O)N(c3cc(Cl)cc(Cl)c3)c3ncc(S(=O)(=O)N4CCN(C(=O)CN5CCOCC5)CC4)n32)cc1. The predicted octanol–water partition coefficient (Wildman–Crippen LogP) is 3.30. The van der Waals surface area contributed by atoms with Crippen LogP contribution in [0.2, 0.25) is 10.0 Å². The first-order valence-electron chi connectivity index (χ1n) is 14.5. The largest absolute Gasteiger partial charge is 0.379 e. The van der Waals surface area contributed by atoms with Gasteiger partial charge in [-0.15, -0.1) is 0 Å². The molecule has 3 aromatic rings. The Morgan fingerprint density at radius 3 is 2.25 bits per heavy atom. The maximum absolute atomic E-state index is 14.3. The number of piperazine rings is 1. The normalized spacial score (nSPS) is 21.6. The smallest absolute Gasteiger partial charge is 0.260 e. The van der Waals surface area contributed by atoms with Gasteiger partial charge in [0, 0.05) is 55.7 Å². The molecule has 1 atom stereocenters. The van der Waals surface area contributed by atoms with Crippen molar-refractivity contribution in [2.45, 2.75) is 30.8 Å². The number of anilines is 2. The summed E-state index contributed by atoms with van der Waals surface area (Å²) < 4.78 is 36.7. The molecule has 4 heterocycles. The van der Waals surface area contributed by atoms with E-state index in [0.29, 0.717) is 42.0 Å². The van der Waals surface area contributed by atoms with Gasteiger partial charge in [-0.3, -0.25) is 19.1 Å². The number of fused-ring (bicyclic) bond motifs is 1. The molecule has 0 aliphatic carbocycles. The molecule has 2 fully saturated rings. The van der Waals surface area contributed by atoms with Crippen LogP contribution < -0.4 is 4.90 Å². The van der Waals surface area contributed by atoms with Gasteiger partial charge in [0.05, 0.1) is 31.6 Å². The van der Waals surface area contributed by atoms with Crippen molar-refractivity contribution in [2.24, 2.45) is 0 Å². The van der Waals surface area contributed by atoms with Crippen molar-refractivity contribution in [2.75, 3.05) is 63.9 Å². The molecule has 3 aliphatic rings. The van der Waals surface area contributed by atoms with Crippen LogP contribution in [-0.2, 0) is 36.3 Å². The first-order chi connectivity index (χ1) is 21.0. The second kappa shape index (κ2) is 12.1. The summed E-state index contributed by atoms with van der Waals surface area (Å²) in [6.45, 7) is 7.41. The molecule has 0 saturated carbocycles. The fraction of sp³-hybridized carbons (Fsp3) is 0.433. The molecule has 1 aromatic heterocycles. The van der Waals surface area contributed by atoms with Crippen LogP contribution in [0, 0.1) is 6.92 Å². The topological polar surface area (TPSA) is 108 Å². The zero-order valence-corrected chi connectivity index (χ0v) is 26.9. The molecule has 14 heteroatoms. The highest BCUT2D eigenvalue weighted by molar-refractivity contribution is 7.89. The number of ether oxygens (including phenoxy) is 1. The first kappa shape index (κ1) is 31.0. The number of nitrogens with zero attached hydrogens (tertiary/aromatic N) is 6. The number of rotatable bonds is 7. The third-order valence-electron chi connectivity index (χ3n) is 8.50. The quantitative estimate of drug-likeness (QED) is 0.383. The third-order valence-corrected chi connectivity index (χ3v) is 10.8. The van der Waals surface area contributed by atoms with Crippen molar-refractivity contribution in [3.8, 4) is 0 Å². The number of sulfonamides is 1. The van der Waals surface area contributed by atoms with Gasteiger partial charge in [0.25, 0.3) is 15.9 Å². The number of hydrogen-bond acceptors (Lipinski definition) is 7. The second-order valence-corrected chi connectivity index (χ2v) is 14.4. The zero-order valence-electron chi connectivity index (χ0n) is 24.6. The molecule has 234 valence electrons. The molecule has 6 rings (SSSR count). The number of hydrogen-bond donors (Lipinski definition) is 0. The molecule has 2 aromatic carbocycles. The Balaban J connectivity index is 1.31. The van der Waals surface area contributed by atoms with Gasteiger partial charge in [0.2, 0.25) is 11.9 Å². The molecule has 0 unspecified atom stereocenters. The number of aryl methyl sites for hydroxylation is 1. The summed E-state index contributed by atoms with van der Waals surface area (Å²) in [6.07, 6.45) is 1.53. The van der Waals surface area contributed by atoms with E-state index in [9.17, 15) is 18.0 Å². The average Bonchev–Trinajstić information content (AvgIpc) is 3.52. The Hall–Kier alpha value is -3.00. The molecule has 11 nitrogen and oxygen atoms in total. The van der Waals surface area contributed by atoms with E-state index in [0.717, 1.165) is 11.1 Å². The van der Waals surface area contributed by atoms with Crippen LogP contribution in [0.3, 0.4) is 0 Å². The lowest BCUT2D eigenvalue weighted by atomic mass is 9.91. The predicted molar refractivity (Wildman–Crippen MR) is 167 cm³/mol. The Morgan fingerprint density at radius 2 is 1.61 bits per heavy atom. The molecule has 0 bridgehead atoms. The molecule has 2 amide bonds. The van der Waals surface area contributed by atoms with Crippen molar-refractivity contribution in [3.05, 3.63) is 69.8 Å². The summed E-state index contributed by atoms with van der Waals surface area (Å²) in [5.74, 6) is -0.211. The zero-order chi connectivity index (χ0) is 31.2. The number of halogens is 2. The van der Waals surface area contributed by atoms with E-state index in [1.54, 1.807) is 30.0 Å². The van der Waals surface area contributed by atoms with Crippen LogP contribution in [-0.4, -0.2) is 103 Å². The summed E-state index contributed by atoms with van der Waals surface area (Å²) in [6, 6.07) is 12.5. The van der Waals surface area contributed by atoms with E-state index in [4.69, 9.17) is 27.9 Å². The van der Waals surface area contributed by atoms with Gasteiger partial charge in [-0.05, 0) is 37.6 Å². The van der Waals surface area contributed by atoms with Crippen molar-refractivity contribution < 1.29 is 22.7 Å². The Bertz CT molecular complexity index is 1660. The Labute approximate surface area is 266 Å². The van der Waals surface area contributed by atoms with E-state index < -0.39 is 15.6 Å². The molecule has 0 radical (unpaired) electrons. The lowest BCUT2D eigenvalue weighted by Crippen LogP contribution is -2.53. The van der Waals surface area contributed by atoms with Crippen LogP contribution in [0.4, 0.5) is 11.6 Å². The standard InChI is InChI=1S/C30H34Cl2N6O5S/c1-21-3-5-22(6-4-21)18-30(2)28(40)37(25-16-23(31)15-24(32)17-25)29-33-19-27(38(29)30)44(41,42)36-9-7-35(8-10-36)26(39)20-34-11-13-43-14-12-34/h3-6,15-17,19H,7-14,18,20H2,1-2H3/t30-/m0/s1. The number of carbonyl (C=O) groups excluding carboxylic acids is 2. The van der Waals surface area contributed by atoms with Crippen molar-refractivity contribution in [1.29, 1.82) is 0 Å². The van der Waals surface area contributed by atoms with Crippen LogP contribution in [0.5, 0.6) is 0 Å². The summed E-state index contributed by atoms with van der Waals surface area (Å²) in [5, 5.41) is 0.582. The summed E-state index contributed by atoms with van der Waals surface area (Å²) in [5.41, 5.74) is 1.01. The fourth-order valence-electron chi connectivity index (χ4n) is 6.08. The molecular formula is C30H34Cl2N6O5S.